The number of halogens is 1. The van der Waals surface area contributed by atoms with Crippen LogP contribution in [0.2, 0.25) is 5.02 Å². The second-order valence-corrected chi connectivity index (χ2v) is 9.03. The van der Waals surface area contributed by atoms with Crippen LogP contribution >= 0.6 is 11.6 Å². The van der Waals surface area contributed by atoms with E-state index >= 15 is 0 Å². The molecule has 0 amide bonds. The number of methoxy groups -OCH3 is 2. The third kappa shape index (κ3) is 3.63. The lowest BCUT2D eigenvalue weighted by molar-refractivity contribution is -0.159. The van der Waals surface area contributed by atoms with Crippen molar-refractivity contribution in [2.75, 3.05) is 19.3 Å². The van der Waals surface area contributed by atoms with Crippen molar-refractivity contribution in [3.63, 3.8) is 0 Å². The molecule has 7 nitrogen and oxygen atoms in total. The van der Waals surface area contributed by atoms with Crippen LogP contribution in [-0.4, -0.2) is 31.7 Å². The number of benzene rings is 3. The van der Waals surface area contributed by atoms with E-state index in [-0.39, 0.29) is 0 Å². The maximum Gasteiger partial charge on any atom is 0.347 e. The fourth-order valence-electron chi connectivity index (χ4n) is 4.88. The minimum Gasteiger partial charge on any atom is -0.497 e. The molecular formula is C27H24ClNO6. The highest BCUT2D eigenvalue weighted by Crippen LogP contribution is 2.58. The number of esters is 2. The Labute approximate surface area is 208 Å². The number of hydrogen-bond donors (Lipinski definition) is 0. The van der Waals surface area contributed by atoms with Gasteiger partial charge in [-0.25, -0.2) is 14.7 Å². The van der Waals surface area contributed by atoms with E-state index in [0.717, 1.165) is 11.1 Å². The van der Waals surface area contributed by atoms with E-state index < -0.39 is 35.6 Å². The Balaban J connectivity index is 1.71. The van der Waals surface area contributed by atoms with Gasteiger partial charge in [-0.3, -0.25) is 4.84 Å². The van der Waals surface area contributed by atoms with Gasteiger partial charge in [0, 0.05) is 5.02 Å². The number of ether oxygens (including phenoxy) is 3. The summed E-state index contributed by atoms with van der Waals surface area (Å²) in [7, 11) is 2.81. The Morgan fingerprint density at radius 2 is 1.51 bits per heavy atom. The topological polar surface area (TPSA) is 74.3 Å². The summed E-state index contributed by atoms with van der Waals surface area (Å²) in [4.78, 5) is 33.6. The van der Waals surface area contributed by atoms with Gasteiger partial charge in [-0.15, -0.1) is 0 Å². The van der Waals surface area contributed by atoms with Gasteiger partial charge in [0.2, 0.25) is 0 Å². The van der Waals surface area contributed by atoms with Crippen molar-refractivity contribution in [1.29, 1.82) is 0 Å². The minimum atomic E-state index is -1.86. The number of nitrogens with zero attached hydrogens (tertiary/aromatic N) is 1. The van der Waals surface area contributed by atoms with E-state index in [0.29, 0.717) is 22.0 Å². The first-order chi connectivity index (χ1) is 16.9. The van der Waals surface area contributed by atoms with Crippen LogP contribution in [0.5, 0.6) is 5.75 Å². The summed E-state index contributed by atoms with van der Waals surface area (Å²) in [5.41, 5.74) is 1.22. The first-order valence-electron chi connectivity index (χ1n) is 11.1. The normalized spacial score (nSPS) is 25.2. The molecule has 0 aromatic heterocycles. The molecule has 2 fully saturated rings. The third-order valence-corrected chi connectivity index (χ3v) is 6.88. The Bertz CT molecular complexity index is 1240. The number of cyclic esters (lactones) is 1. The standard InChI is InChI=1S/C27H24ClNO6/c1-16-4-6-18(7-5-16)24-22-23(17-8-10-19(28)11-9-17)34-26(31)27(22,25(30)33-3)29(35-24)20-12-14-21(32-2)15-13-20/h4-15,22-24H,1-3H3. The van der Waals surface area contributed by atoms with Crippen molar-refractivity contribution in [1.82, 2.24) is 0 Å². The van der Waals surface area contributed by atoms with E-state index in [1.165, 1.54) is 12.2 Å². The lowest BCUT2D eigenvalue weighted by Gasteiger charge is -2.31. The van der Waals surface area contributed by atoms with Crippen molar-refractivity contribution < 1.29 is 28.6 Å². The number of carbonyl (C=O) groups excluding carboxylic acids is 2. The van der Waals surface area contributed by atoms with Crippen molar-refractivity contribution in [3.8, 4) is 5.75 Å². The monoisotopic (exact) mass is 493 g/mol. The average Bonchev–Trinajstić information content (AvgIpc) is 3.39. The van der Waals surface area contributed by atoms with Crippen molar-refractivity contribution in [2.24, 2.45) is 5.92 Å². The first kappa shape index (κ1) is 23.2. The number of anilines is 1. The first-order valence-corrected chi connectivity index (χ1v) is 11.5. The van der Waals surface area contributed by atoms with Gasteiger partial charge in [0.05, 0.1) is 25.8 Å². The van der Waals surface area contributed by atoms with Crippen molar-refractivity contribution in [2.45, 2.75) is 24.7 Å². The fraction of sp³-hybridized carbons (Fsp3) is 0.259. The lowest BCUT2D eigenvalue weighted by atomic mass is 9.76. The highest BCUT2D eigenvalue weighted by molar-refractivity contribution is 6.30. The van der Waals surface area contributed by atoms with Gasteiger partial charge in [0.1, 0.15) is 18.0 Å². The predicted octanol–water partition coefficient (Wildman–Crippen LogP) is 4.98. The second kappa shape index (κ2) is 8.91. The molecule has 5 rings (SSSR count). The molecule has 4 atom stereocenters. The van der Waals surface area contributed by atoms with Gasteiger partial charge in [0.15, 0.2) is 0 Å². The maximum absolute atomic E-state index is 13.7. The second-order valence-electron chi connectivity index (χ2n) is 8.59. The van der Waals surface area contributed by atoms with E-state index in [4.69, 9.17) is 30.6 Å². The molecule has 2 heterocycles. The van der Waals surface area contributed by atoms with Gasteiger partial charge in [-0.2, -0.15) is 0 Å². The molecule has 2 saturated heterocycles. The van der Waals surface area contributed by atoms with Crippen LogP contribution in [0.15, 0.2) is 72.8 Å². The van der Waals surface area contributed by atoms with Gasteiger partial charge in [-0.05, 0) is 54.4 Å². The highest BCUT2D eigenvalue weighted by Gasteiger charge is 2.74. The summed E-state index contributed by atoms with van der Waals surface area (Å²) in [6.45, 7) is 1.99. The molecule has 0 N–H and O–H groups in total. The van der Waals surface area contributed by atoms with Crippen LogP contribution in [0.3, 0.4) is 0 Å². The molecule has 0 aliphatic carbocycles. The molecule has 4 unspecified atom stereocenters. The number of hydroxylamine groups is 1. The number of hydrogen-bond acceptors (Lipinski definition) is 7. The van der Waals surface area contributed by atoms with E-state index in [2.05, 4.69) is 0 Å². The Morgan fingerprint density at radius 1 is 0.914 bits per heavy atom. The Morgan fingerprint density at radius 3 is 2.11 bits per heavy atom. The van der Waals surface area contributed by atoms with E-state index in [9.17, 15) is 9.59 Å². The maximum atomic E-state index is 13.7. The summed E-state index contributed by atoms with van der Waals surface area (Å²) in [6.07, 6.45) is -1.45. The molecule has 3 aromatic rings. The zero-order valence-corrected chi connectivity index (χ0v) is 20.2. The minimum absolute atomic E-state index is 0.490. The van der Waals surface area contributed by atoms with Crippen LogP contribution in [-0.2, 0) is 23.9 Å². The molecule has 2 aliphatic rings. The van der Waals surface area contributed by atoms with Gasteiger partial charge < -0.3 is 14.2 Å². The lowest BCUT2D eigenvalue weighted by Crippen LogP contribution is -2.58. The summed E-state index contributed by atoms with van der Waals surface area (Å²) in [5.74, 6) is -1.61. The van der Waals surface area contributed by atoms with E-state index in [1.807, 2.05) is 31.2 Å². The van der Waals surface area contributed by atoms with Crippen LogP contribution < -0.4 is 9.80 Å². The van der Waals surface area contributed by atoms with Gasteiger partial charge in [-0.1, -0.05) is 53.6 Å². The van der Waals surface area contributed by atoms with Crippen LogP contribution in [0.1, 0.15) is 28.9 Å². The Kier molecular flexibility index (Phi) is 5.91. The summed E-state index contributed by atoms with van der Waals surface area (Å²) >= 11 is 6.10. The predicted molar refractivity (Wildman–Crippen MR) is 129 cm³/mol. The zero-order valence-electron chi connectivity index (χ0n) is 19.4. The SMILES string of the molecule is COC(=O)C12C(=O)OC(c3ccc(Cl)cc3)C1C(c1ccc(C)cc1)ON2c1ccc(OC)cc1. The zero-order chi connectivity index (χ0) is 24.7. The summed E-state index contributed by atoms with van der Waals surface area (Å²) < 4.78 is 16.4. The molecule has 0 spiro atoms. The summed E-state index contributed by atoms with van der Waals surface area (Å²) in [6, 6.07) is 21.7. The largest absolute Gasteiger partial charge is 0.497 e. The molecule has 8 heteroatoms. The van der Waals surface area contributed by atoms with Crippen molar-refractivity contribution in [3.05, 3.63) is 94.5 Å². The quantitative estimate of drug-likeness (QED) is 0.366. The summed E-state index contributed by atoms with van der Waals surface area (Å²) in [5, 5.41) is 1.89. The number of fused-ring (bicyclic) bond motifs is 1. The number of aryl methyl sites for hydroxylation is 1. The fourth-order valence-corrected chi connectivity index (χ4v) is 5.01. The van der Waals surface area contributed by atoms with Crippen LogP contribution in [0.25, 0.3) is 0 Å². The molecule has 180 valence electrons. The van der Waals surface area contributed by atoms with Crippen molar-refractivity contribution >= 4 is 29.2 Å². The van der Waals surface area contributed by atoms with E-state index in [1.54, 1.807) is 55.6 Å². The smallest absolute Gasteiger partial charge is 0.347 e. The highest BCUT2D eigenvalue weighted by atomic mass is 35.5. The average molecular weight is 494 g/mol. The number of carbonyl (C=O) groups is 2. The number of rotatable bonds is 5. The molecule has 35 heavy (non-hydrogen) atoms. The molecule has 2 aliphatic heterocycles. The molecular weight excluding hydrogens is 470 g/mol. The van der Waals surface area contributed by atoms with Gasteiger partial charge >= 0.3 is 11.9 Å². The van der Waals surface area contributed by atoms with Gasteiger partial charge in [0.25, 0.3) is 5.54 Å². The molecule has 0 radical (unpaired) electrons. The Hall–Kier alpha value is -3.55. The van der Waals surface area contributed by atoms with Crippen LogP contribution in [0.4, 0.5) is 5.69 Å². The van der Waals surface area contributed by atoms with Crippen LogP contribution in [0, 0.1) is 12.8 Å². The third-order valence-electron chi connectivity index (χ3n) is 6.63. The molecule has 3 aromatic carbocycles. The molecule has 0 bridgehead atoms. The molecule has 0 saturated carbocycles.